The highest BCUT2D eigenvalue weighted by Crippen LogP contribution is 2.54. The number of hydrogen-bond donors (Lipinski definition) is 9. The predicted molar refractivity (Wildman–Crippen MR) is 161 cm³/mol. The molecular weight excluding hydrogens is 540 g/mol. The normalized spacial score (nSPS) is 12.0. The number of hydrogen-bond acceptors (Lipinski definition) is 9. The van der Waals surface area contributed by atoms with E-state index in [1.807, 2.05) is 0 Å². The topological polar surface area (TPSA) is 192 Å². The summed E-state index contributed by atoms with van der Waals surface area (Å²) in [6.07, 6.45) is 0. The third kappa shape index (κ3) is 2.85. The van der Waals surface area contributed by atoms with Gasteiger partial charge < -0.3 is 55.1 Å². The molecule has 9 N–H and O–H groups in total. The standard InChI is InChI=1S/C27H18B4N2O9/c1-4-6-9-18(24(39)27(42)26(41)20(9)35)33(15(6)12(30)21(36)10(4)28)16-8-7-5(2)19(34)25(40)23(38)17(7)32(3)14(8)11(29)22(37)13(16)31/h34-42H,1-3H3. The Kier molecular flexibility index (Phi) is 5.33. The van der Waals surface area contributed by atoms with Crippen LogP contribution in [0.3, 0.4) is 0 Å². The molecule has 0 bridgehead atoms. The summed E-state index contributed by atoms with van der Waals surface area (Å²) in [4.78, 5) is 0. The number of aryl methyl sites for hydroxylation is 3. The van der Waals surface area contributed by atoms with Crippen LogP contribution < -0.4 is 21.9 Å². The third-order valence-electron chi connectivity index (χ3n) is 8.13. The molecule has 6 aromatic rings. The monoisotopic (exact) mass is 558 g/mol. The Bertz CT molecular complexity index is 2190. The van der Waals surface area contributed by atoms with Crippen LogP contribution in [0.4, 0.5) is 0 Å². The van der Waals surface area contributed by atoms with Crippen molar-refractivity contribution < 1.29 is 46.0 Å². The lowest BCUT2D eigenvalue weighted by Gasteiger charge is -2.20. The van der Waals surface area contributed by atoms with Gasteiger partial charge >= 0.3 is 0 Å². The van der Waals surface area contributed by atoms with Gasteiger partial charge in [0.2, 0.25) is 17.2 Å². The van der Waals surface area contributed by atoms with E-state index in [0.717, 1.165) is 4.57 Å². The molecule has 0 aliphatic heterocycles. The van der Waals surface area contributed by atoms with Gasteiger partial charge in [0.05, 0.1) is 22.1 Å². The molecule has 0 aliphatic carbocycles. The molecule has 2 aromatic heterocycles. The highest BCUT2D eigenvalue weighted by Gasteiger charge is 2.33. The molecule has 202 valence electrons. The fraction of sp³-hybridized carbons (Fsp3) is 0.111. The first-order valence-electron chi connectivity index (χ1n) is 12.2. The van der Waals surface area contributed by atoms with E-state index in [1.54, 1.807) is 0 Å². The number of phenols is 9. The third-order valence-corrected chi connectivity index (χ3v) is 8.13. The van der Waals surface area contributed by atoms with Crippen LogP contribution in [-0.4, -0.2) is 86.5 Å². The number of aromatic nitrogens is 2. The molecule has 0 saturated carbocycles. The number of phenolic OH excluding ortho intramolecular Hbond substituents is 9. The molecule has 2 heterocycles. The number of nitrogens with zero attached hydrogens (tertiary/aromatic N) is 2. The molecular formula is C27H18B4N2O9. The largest absolute Gasteiger partial charge is 0.509 e. The number of fused-ring (bicyclic) bond motifs is 6. The number of rotatable bonds is 1. The molecule has 6 rings (SSSR count). The van der Waals surface area contributed by atoms with E-state index in [2.05, 4.69) is 0 Å². The van der Waals surface area contributed by atoms with Crippen molar-refractivity contribution in [2.75, 3.05) is 0 Å². The van der Waals surface area contributed by atoms with Crippen LogP contribution in [0.15, 0.2) is 0 Å². The van der Waals surface area contributed by atoms with Gasteiger partial charge in [-0.15, -0.1) is 0 Å². The average Bonchev–Trinajstić information content (AvgIpc) is 3.47. The Morgan fingerprint density at radius 2 is 0.881 bits per heavy atom. The van der Waals surface area contributed by atoms with E-state index < -0.39 is 57.2 Å². The molecule has 15 heteroatoms. The molecule has 0 saturated heterocycles. The molecule has 0 fully saturated rings. The first-order chi connectivity index (χ1) is 19.6. The van der Waals surface area contributed by atoms with Gasteiger partial charge in [-0.05, 0) is 35.8 Å². The summed E-state index contributed by atoms with van der Waals surface area (Å²) in [5, 5.41) is 97.1. The molecule has 8 radical (unpaired) electrons. The van der Waals surface area contributed by atoms with Gasteiger partial charge in [-0.25, -0.2) is 0 Å². The summed E-state index contributed by atoms with van der Waals surface area (Å²) in [5.74, 6) is -7.42. The van der Waals surface area contributed by atoms with E-state index in [4.69, 9.17) is 31.4 Å². The van der Waals surface area contributed by atoms with Crippen molar-refractivity contribution in [1.29, 1.82) is 0 Å². The maximum Gasteiger partial charge on any atom is 0.206 e. The van der Waals surface area contributed by atoms with Crippen LogP contribution in [-0.2, 0) is 7.05 Å². The summed E-state index contributed by atoms with van der Waals surface area (Å²) in [6, 6.07) is 0. The summed E-state index contributed by atoms with van der Waals surface area (Å²) < 4.78 is 2.46. The lowest BCUT2D eigenvalue weighted by Crippen LogP contribution is -2.25. The SMILES string of the molecule is [B]c1c(O)c([B])c2c(c1-n1c3c([B])c(O)c([B])c(C)c3c3c(O)c(O)c(O)c(O)c31)c1c(C)c(O)c(O)c(O)c1n2C. The molecule has 42 heavy (non-hydrogen) atoms. The molecule has 0 spiro atoms. The van der Waals surface area contributed by atoms with Gasteiger partial charge in [0.15, 0.2) is 23.0 Å². The van der Waals surface area contributed by atoms with E-state index in [0.29, 0.717) is 0 Å². The van der Waals surface area contributed by atoms with Crippen molar-refractivity contribution in [1.82, 2.24) is 9.13 Å². The van der Waals surface area contributed by atoms with E-state index in [1.165, 1.54) is 25.5 Å². The quantitative estimate of drug-likeness (QED) is 0.0733. The van der Waals surface area contributed by atoms with Crippen molar-refractivity contribution in [3.8, 4) is 57.4 Å². The molecule has 0 aliphatic rings. The average molecular weight is 558 g/mol. The van der Waals surface area contributed by atoms with Crippen molar-refractivity contribution in [3.05, 3.63) is 11.1 Å². The molecule has 0 atom stereocenters. The van der Waals surface area contributed by atoms with Crippen LogP contribution >= 0.6 is 0 Å². The summed E-state index contributed by atoms with van der Waals surface area (Å²) in [5.41, 5.74) is -1.69. The molecule has 0 unspecified atom stereocenters. The van der Waals surface area contributed by atoms with Crippen molar-refractivity contribution in [2.24, 2.45) is 7.05 Å². The van der Waals surface area contributed by atoms with Crippen LogP contribution in [0.5, 0.6) is 51.7 Å². The minimum Gasteiger partial charge on any atom is -0.509 e. The Balaban J connectivity index is 2.09. The maximum absolute atomic E-state index is 11.2. The van der Waals surface area contributed by atoms with Crippen LogP contribution in [0.25, 0.3) is 49.3 Å². The molecule has 0 amide bonds. The first-order valence-corrected chi connectivity index (χ1v) is 12.2. The van der Waals surface area contributed by atoms with Gasteiger partial charge in [0, 0.05) is 34.3 Å². The Hall–Kier alpha value is -5.06. The van der Waals surface area contributed by atoms with Gasteiger partial charge in [0.25, 0.3) is 0 Å². The lowest BCUT2D eigenvalue weighted by molar-refractivity contribution is 0.350. The second-order valence-corrected chi connectivity index (χ2v) is 10.2. The smallest absolute Gasteiger partial charge is 0.206 e. The van der Waals surface area contributed by atoms with Gasteiger partial charge in [-0.1, -0.05) is 5.46 Å². The second kappa shape index (κ2) is 8.25. The minimum absolute atomic E-state index is 0.0275. The zero-order valence-corrected chi connectivity index (χ0v) is 22.2. The fourth-order valence-corrected chi connectivity index (χ4v) is 6.02. The van der Waals surface area contributed by atoms with Gasteiger partial charge in [0.1, 0.15) is 48.4 Å². The number of benzene rings is 4. The van der Waals surface area contributed by atoms with Crippen molar-refractivity contribution in [3.63, 3.8) is 0 Å². The summed E-state index contributed by atoms with van der Waals surface area (Å²) in [7, 11) is 26.7. The number of aromatic hydroxyl groups is 9. The molecule has 11 nitrogen and oxygen atoms in total. The highest BCUT2D eigenvalue weighted by atomic mass is 16.3. The van der Waals surface area contributed by atoms with Gasteiger partial charge in [-0.3, -0.25) is 0 Å². The first kappa shape index (κ1) is 27.1. The van der Waals surface area contributed by atoms with Gasteiger partial charge in [-0.2, -0.15) is 0 Å². The Morgan fingerprint density at radius 1 is 0.405 bits per heavy atom. The second-order valence-electron chi connectivity index (χ2n) is 10.2. The fourth-order valence-electron chi connectivity index (χ4n) is 6.02. The zero-order valence-electron chi connectivity index (χ0n) is 22.2. The lowest BCUT2D eigenvalue weighted by atomic mass is 9.79. The Labute approximate surface area is 241 Å². The highest BCUT2D eigenvalue weighted by molar-refractivity contribution is 6.51. The van der Waals surface area contributed by atoms with Crippen LogP contribution in [0.1, 0.15) is 11.1 Å². The zero-order chi connectivity index (χ0) is 31.0. The minimum atomic E-state index is -1.11. The van der Waals surface area contributed by atoms with Crippen LogP contribution in [0.2, 0.25) is 0 Å². The molecule has 4 aromatic carbocycles. The van der Waals surface area contributed by atoms with Crippen molar-refractivity contribution >= 4 is 96.8 Å². The Morgan fingerprint density at radius 3 is 1.50 bits per heavy atom. The van der Waals surface area contributed by atoms with E-state index in [9.17, 15) is 46.0 Å². The summed E-state index contributed by atoms with van der Waals surface area (Å²) in [6.45, 7) is 2.91. The van der Waals surface area contributed by atoms with E-state index >= 15 is 0 Å². The maximum atomic E-state index is 11.2. The van der Waals surface area contributed by atoms with E-state index in [-0.39, 0.29) is 76.8 Å². The van der Waals surface area contributed by atoms with Crippen LogP contribution in [0, 0.1) is 13.8 Å². The predicted octanol–water partition coefficient (Wildman–Crippen LogP) is -0.429. The summed E-state index contributed by atoms with van der Waals surface area (Å²) >= 11 is 0. The van der Waals surface area contributed by atoms with Crippen molar-refractivity contribution in [2.45, 2.75) is 13.8 Å².